The number of piperazine rings is 1. The van der Waals surface area contributed by atoms with E-state index in [2.05, 4.69) is 14.8 Å². The first-order valence-electron chi connectivity index (χ1n) is 10.5. The molecule has 31 heavy (non-hydrogen) atoms. The quantitative estimate of drug-likeness (QED) is 0.664. The van der Waals surface area contributed by atoms with Gasteiger partial charge >= 0.3 is 0 Å². The molecular weight excluding hydrogens is 418 g/mol. The summed E-state index contributed by atoms with van der Waals surface area (Å²) < 4.78 is 38.6. The third kappa shape index (κ3) is 4.40. The number of benzene rings is 1. The Morgan fingerprint density at radius 2 is 1.58 bits per heavy atom. The number of hydrogen-bond donors (Lipinski definition) is 0. The molecule has 0 aliphatic carbocycles. The topological polar surface area (TPSA) is 88.1 Å². The lowest BCUT2D eigenvalue weighted by Crippen LogP contribution is -2.49. The standard InChI is InChI=1S/C21H29N5O4S/c1-16-14-20(24-8-4-5-9-24)23-21(22-16)25-10-12-26(13-11-25)31(27,28)19-15-17(29-2)6-7-18(19)30-3/h6-7,14-15H,4-5,8-13H2,1-3H3. The summed E-state index contributed by atoms with van der Waals surface area (Å²) in [6.07, 6.45) is 2.37. The number of methoxy groups -OCH3 is 2. The van der Waals surface area contributed by atoms with E-state index in [9.17, 15) is 8.42 Å². The normalized spacial score (nSPS) is 17.8. The summed E-state index contributed by atoms with van der Waals surface area (Å²) in [4.78, 5) is 13.8. The van der Waals surface area contributed by atoms with Gasteiger partial charge in [-0.1, -0.05) is 0 Å². The molecule has 2 saturated heterocycles. The number of hydrogen-bond acceptors (Lipinski definition) is 8. The average Bonchev–Trinajstić information content (AvgIpc) is 3.33. The van der Waals surface area contributed by atoms with Gasteiger partial charge in [0.15, 0.2) is 0 Å². The van der Waals surface area contributed by atoms with Crippen LogP contribution in [0.1, 0.15) is 18.5 Å². The maximum Gasteiger partial charge on any atom is 0.247 e. The number of nitrogens with zero attached hydrogens (tertiary/aromatic N) is 5. The molecular formula is C21H29N5O4S. The summed E-state index contributed by atoms with van der Waals surface area (Å²) >= 11 is 0. The monoisotopic (exact) mass is 447 g/mol. The predicted octanol–water partition coefficient (Wildman–Crippen LogP) is 1.91. The van der Waals surface area contributed by atoms with Gasteiger partial charge in [-0.3, -0.25) is 0 Å². The van der Waals surface area contributed by atoms with Crippen LogP contribution in [0, 0.1) is 6.92 Å². The zero-order valence-electron chi connectivity index (χ0n) is 18.2. The molecule has 0 unspecified atom stereocenters. The average molecular weight is 448 g/mol. The minimum Gasteiger partial charge on any atom is -0.497 e. The number of aromatic nitrogens is 2. The van der Waals surface area contributed by atoms with Gasteiger partial charge in [0.2, 0.25) is 16.0 Å². The van der Waals surface area contributed by atoms with Crippen molar-refractivity contribution >= 4 is 21.8 Å². The van der Waals surface area contributed by atoms with Crippen molar-refractivity contribution in [3.05, 3.63) is 30.0 Å². The molecule has 168 valence electrons. The van der Waals surface area contributed by atoms with Gasteiger partial charge in [-0.05, 0) is 31.9 Å². The molecule has 2 fully saturated rings. The van der Waals surface area contributed by atoms with Gasteiger partial charge in [-0.2, -0.15) is 9.29 Å². The van der Waals surface area contributed by atoms with Crippen molar-refractivity contribution in [2.75, 3.05) is 63.3 Å². The van der Waals surface area contributed by atoms with Crippen LogP contribution >= 0.6 is 0 Å². The lowest BCUT2D eigenvalue weighted by atomic mass is 10.3. The second-order valence-corrected chi connectivity index (χ2v) is 9.68. The van der Waals surface area contributed by atoms with E-state index in [1.165, 1.54) is 37.4 Å². The number of anilines is 2. The zero-order valence-corrected chi connectivity index (χ0v) is 19.1. The van der Waals surface area contributed by atoms with E-state index < -0.39 is 10.0 Å². The van der Waals surface area contributed by atoms with Gasteiger partial charge in [0, 0.05) is 57.1 Å². The Labute approximate surface area is 183 Å². The Kier molecular flexibility index (Phi) is 6.19. The molecule has 0 radical (unpaired) electrons. The van der Waals surface area contributed by atoms with E-state index in [-0.39, 0.29) is 4.90 Å². The number of sulfonamides is 1. The molecule has 0 N–H and O–H groups in total. The van der Waals surface area contributed by atoms with Crippen molar-refractivity contribution < 1.29 is 17.9 Å². The first kappa shape index (κ1) is 21.6. The fraction of sp³-hybridized carbons (Fsp3) is 0.524. The molecule has 2 aliphatic heterocycles. The van der Waals surface area contributed by atoms with E-state index in [1.54, 1.807) is 12.1 Å². The molecule has 9 nitrogen and oxygen atoms in total. The minimum atomic E-state index is -3.72. The molecule has 0 spiro atoms. The van der Waals surface area contributed by atoms with Crippen molar-refractivity contribution in [2.24, 2.45) is 0 Å². The van der Waals surface area contributed by atoms with Crippen LogP contribution in [0.5, 0.6) is 11.5 Å². The molecule has 2 aliphatic rings. The highest BCUT2D eigenvalue weighted by Gasteiger charge is 2.32. The Bertz CT molecular complexity index is 1030. The maximum atomic E-state index is 13.3. The molecule has 0 atom stereocenters. The minimum absolute atomic E-state index is 0.117. The molecule has 0 saturated carbocycles. The number of ether oxygens (including phenoxy) is 2. The van der Waals surface area contributed by atoms with E-state index in [4.69, 9.17) is 14.5 Å². The Balaban J connectivity index is 1.51. The van der Waals surface area contributed by atoms with Crippen molar-refractivity contribution in [1.82, 2.24) is 14.3 Å². The van der Waals surface area contributed by atoms with E-state index >= 15 is 0 Å². The Morgan fingerprint density at radius 1 is 0.871 bits per heavy atom. The second-order valence-electron chi connectivity index (χ2n) is 7.77. The fourth-order valence-electron chi connectivity index (χ4n) is 4.04. The third-order valence-corrected chi connectivity index (χ3v) is 7.69. The Morgan fingerprint density at radius 3 is 2.23 bits per heavy atom. The fourth-order valence-corrected chi connectivity index (χ4v) is 5.63. The van der Waals surface area contributed by atoms with Crippen LogP contribution in [0.15, 0.2) is 29.2 Å². The van der Waals surface area contributed by atoms with Crippen molar-refractivity contribution in [1.29, 1.82) is 0 Å². The molecule has 2 aromatic rings. The molecule has 10 heteroatoms. The summed E-state index contributed by atoms with van der Waals surface area (Å²) in [5.74, 6) is 2.40. The van der Waals surface area contributed by atoms with Crippen LogP contribution in [-0.2, 0) is 10.0 Å². The highest BCUT2D eigenvalue weighted by molar-refractivity contribution is 7.89. The summed E-state index contributed by atoms with van der Waals surface area (Å²) in [6, 6.07) is 6.82. The van der Waals surface area contributed by atoms with E-state index in [0.29, 0.717) is 43.6 Å². The van der Waals surface area contributed by atoms with Crippen molar-refractivity contribution in [2.45, 2.75) is 24.7 Å². The van der Waals surface area contributed by atoms with E-state index in [1.807, 2.05) is 13.0 Å². The molecule has 1 aromatic heterocycles. The molecule has 1 aromatic carbocycles. The lowest BCUT2D eigenvalue weighted by molar-refractivity contribution is 0.369. The molecule has 0 amide bonds. The third-order valence-electron chi connectivity index (χ3n) is 5.77. The second kappa shape index (κ2) is 8.88. The summed E-state index contributed by atoms with van der Waals surface area (Å²) in [7, 11) is -0.747. The SMILES string of the molecule is COc1ccc(OC)c(S(=O)(=O)N2CCN(c3nc(C)cc(N4CCCC4)n3)CC2)c1. The highest BCUT2D eigenvalue weighted by Crippen LogP contribution is 2.31. The van der Waals surface area contributed by atoms with E-state index in [0.717, 1.165) is 24.6 Å². The van der Waals surface area contributed by atoms with Gasteiger partial charge in [-0.15, -0.1) is 0 Å². The van der Waals surface area contributed by atoms with Crippen LogP contribution in [0.4, 0.5) is 11.8 Å². The Hall–Kier alpha value is -2.59. The first-order valence-corrected chi connectivity index (χ1v) is 11.9. The molecule has 0 bridgehead atoms. The van der Waals surface area contributed by atoms with Crippen LogP contribution in [0.25, 0.3) is 0 Å². The largest absolute Gasteiger partial charge is 0.497 e. The van der Waals surface area contributed by atoms with Crippen LogP contribution < -0.4 is 19.3 Å². The summed E-state index contributed by atoms with van der Waals surface area (Å²) in [5, 5.41) is 0. The maximum absolute atomic E-state index is 13.3. The van der Waals surface area contributed by atoms with Gasteiger partial charge < -0.3 is 19.3 Å². The predicted molar refractivity (Wildman–Crippen MR) is 119 cm³/mol. The van der Waals surface area contributed by atoms with Crippen LogP contribution in [0.2, 0.25) is 0 Å². The summed E-state index contributed by atoms with van der Waals surface area (Å²) in [6.45, 7) is 5.75. The summed E-state index contributed by atoms with van der Waals surface area (Å²) in [5.41, 5.74) is 0.920. The first-order chi connectivity index (χ1) is 14.9. The number of rotatable bonds is 6. The lowest BCUT2D eigenvalue weighted by Gasteiger charge is -2.34. The molecule has 4 rings (SSSR count). The van der Waals surface area contributed by atoms with Gasteiger partial charge in [0.25, 0.3) is 0 Å². The highest BCUT2D eigenvalue weighted by atomic mass is 32.2. The molecule has 3 heterocycles. The zero-order chi connectivity index (χ0) is 22.0. The van der Waals surface area contributed by atoms with Crippen molar-refractivity contribution in [3.8, 4) is 11.5 Å². The smallest absolute Gasteiger partial charge is 0.247 e. The van der Waals surface area contributed by atoms with Crippen molar-refractivity contribution in [3.63, 3.8) is 0 Å². The van der Waals surface area contributed by atoms with Gasteiger partial charge in [0.05, 0.1) is 14.2 Å². The van der Waals surface area contributed by atoms with Gasteiger partial charge in [0.1, 0.15) is 22.2 Å². The van der Waals surface area contributed by atoms with Gasteiger partial charge in [-0.25, -0.2) is 13.4 Å². The van der Waals surface area contributed by atoms with Crippen LogP contribution in [-0.4, -0.2) is 76.2 Å². The number of aryl methyl sites for hydroxylation is 1. The van der Waals surface area contributed by atoms with Crippen LogP contribution in [0.3, 0.4) is 0 Å².